The normalized spacial score (nSPS) is 20.8. The van der Waals surface area contributed by atoms with Crippen molar-refractivity contribution >= 4 is 31.9 Å². The molecule has 0 bridgehead atoms. The Kier molecular flexibility index (Phi) is 4.23. The summed E-state index contributed by atoms with van der Waals surface area (Å²) in [4.78, 5) is 2.26. The van der Waals surface area contributed by atoms with Crippen molar-refractivity contribution in [1.29, 1.82) is 0 Å². The predicted octanol–water partition coefficient (Wildman–Crippen LogP) is 4.52. The van der Waals surface area contributed by atoms with Gasteiger partial charge in [0.1, 0.15) is 0 Å². The maximum absolute atomic E-state index is 3.65. The van der Waals surface area contributed by atoms with Crippen LogP contribution in [-0.4, -0.2) is 19.0 Å². The smallest absolute Gasteiger partial charge is 0.0461 e. The molecule has 0 amide bonds. The summed E-state index contributed by atoms with van der Waals surface area (Å²) in [5.41, 5.74) is 1.32. The molecule has 0 saturated carbocycles. The fourth-order valence-corrected chi connectivity index (χ4v) is 3.31. The second-order valence-electron chi connectivity index (χ2n) is 4.39. The van der Waals surface area contributed by atoms with E-state index in [2.05, 4.69) is 93.3 Å². The molecule has 0 radical (unpaired) electrons. The Morgan fingerprint density at radius 3 is 2.41 bits per heavy atom. The monoisotopic (exact) mass is 355 g/mol. The molecule has 0 spiro atoms. The highest BCUT2D eigenvalue weighted by Gasteiger charge is 2.28. The van der Waals surface area contributed by atoms with E-state index in [4.69, 9.17) is 0 Å². The fraction of sp³-hybridized carbons (Fsp3) is 0.286. The van der Waals surface area contributed by atoms with Gasteiger partial charge in [-0.15, -0.1) is 0 Å². The summed E-state index contributed by atoms with van der Waals surface area (Å²) in [6.45, 7) is 0. The minimum atomic E-state index is 0.343. The van der Waals surface area contributed by atoms with Gasteiger partial charge in [-0.05, 0) is 25.7 Å². The van der Waals surface area contributed by atoms with Gasteiger partial charge in [-0.2, -0.15) is 0 Å². The minimum Gasteiger partial charge on any atom is -0.301 e. The molecule has 1 aliphatic carbocycles. The van der Waals surface area contributed by atoms with Crippen molar-refractivity contribution in [3.63, 3.8) is 0 Å². The lowest BCUT2D eigenvalue weighted by Gasteiger charge is -2.30. The van der Waals surface area contributed by atoms with Crippen molar-refractivity contribution in [3.05, 3.63) is 57.0 Å². The Morgan fingerprint density at radius 2 is 1.88 bits per heavy atom. The molecule has 0 aromatic heterocycles. The molecule has 0 saturated heterocycles. The fourth-order valence-electron chi connectivity index (χ4n) is 2.23. The predicted molar refractivity (Wildman–Crippen MR) is 80.2 cm³/mol. The number of hydrogen-bond donors (Lipinski definition) is 0. The summed E-state index contributed by atoms with van der Waals surface area (Å²) >= 11 is 7.30. The zero-order chi connectivity index (χ0) is 12.4. The molecule has 1 aliphatic rings. The average Bonchev–Trinajstić information content (AvgIpc) is 2.68. The van der Waals surface area contributed by atoms with Gasteiger partial charge in [0.15, 0.2) is 0 Å². The van der Waals surface area contributed by atoms with Crippen LogP contribution in [0.1, 0.15) is 11.6 Å². The van der Waals surface area contributed by atoms with Crippen LogP contribution in [0.3, 0.4) is 0 Å². The average molecular weight is 357 g/mol. The van der Waals surface area contributed by atoms with Crippen LogP contribution < -0.4 is 0 Å². The highest BCUT2D eigenvalue weighted by Crippen LogP contribution is 2.40. The summed E-state index contributed by atoms with van der Waals surface area (Å²) in [6, 6.07) is 8.77. The molecule has 2 atom stereocenters. The van der Waals surface area contributed by atoms with Gasteiger partial charge in [0.2, 0.25) is 0 Å². The summed E-state index contributed by atoms with van der Waals surface area (Å²) in [6.07, 6.45) is 6.48. The zero-order valence-electron chi connectivity index (χ0n) is 9.90. The number of allylic oxidation sites excluding steroid dienone is 2. The molecule has 3 heteroatoms. The van der Waals surface area contributed by atoms with Crippen LogP contribution in [0.4, 0.5) is 0 Å². The first-order valence-electron chi connectivity index (χ1n) is 5.56. The topological polar surface area (TPSA) is 3.24 Å². The van der Waals surface area contributed by atoms with Gasteiger partial charge >= 0.3 is 0 Å². The molecule has 1 aromatic carbocycles. The Balaban J connectivity index is 2.40. The zero-order valence-corrected chi connectivity index (χ0v) is 13.1. The highest BCUT2D eigenvalue weighted by atomic mass is 79.9. The summed E-state index contributed by atoms with van der Waals surface area (Å²) in [5, 5.41) is 0. The SMILES string of the molecule is CN(C)[C@H](c1ccccc1Br)C1C=CC=C1Br. The first-order valence-corrected chi connectivity index (χ1v) is 7.14. The number of rotatable bonds is 3. The van der Waals surface area contributed by atoms with Gasteiger partial charge in [0, 0.05) is 20.9 Å². The van der Waals surface area contributed by atoms with Crippen LogP contribution >= 0.6 is 31.9 Å². The minimum absolute atomic E-state index is 0.343. The van der Waals surface area contributed by atoms with Crippen molar-refractivity contribution < 1.29 is 0 Å². The summed E-state index contributed by atoms with van der Waals surface area (Å²) < 4.78 is 2.41. The second kappa shape index (κ2) is 5.51. The van der Waals surface area contributed by atoms with Crippen LogP contribution in [0, 0.1) is 5.92 Å². The molecule has 1 unspecified atom stereocenters. The molecule has 0 N–H and O–H groups in total. The second-order valence-corrected chi connectivity index (χ2v) is 6.16. The summed E-state index contributed by atoms with van der Waals surface area (Å²) in [7, 11) is 4.24. The molecule has 0 fully saturated rings. The quantitative estimate of drug-likeness (QED) is 0.769. The van der Waals surface area contributed by atoms with E-state index in [9.17, 15) is 0 Å². The van der Waals surface area contributed by atoms with Crippen LogP contribution in [0.25, 0.3) is 0 Å². The van der Waals surface area contributed by atoms with E-state index in [-0.39, 0.29) is 0 Å². The number of benzene rings is 1. The molecular weight excluding hydrogens is 342 g/mol. The maximum Gasteiger partial charge on any atom is 0.0461 e. The third-order valence-corrected chi connectivity index (χ3v) is 4.53. The van der Waals surface area contributed by atoms with Crippen LogP contribution in [-0.2, 0) is 0 Å². The largest absolute Gasteiger partial charge is 0.301 e. The Labute approximate surface area is 119 Å². The Hall–Kier alpha value is -0.380. The van der Waals surface area contributed by atoms with E-state index >= 15 is 0 Å². The number of nitrogens with zero attached hydrogens (tertiary/aromatic N) is 1. The number of hydrogen-bond acceptors (Lipinski definition) is 1. The van der Waals surface area contributed by atoms with E-state index in [1.54, 1.807) is 0 Å². The maximum atomic E-state index is 3.65. The van der Waals surface area contributed by atoms with Crippen molar-refractivity contribution in [1.82, 2.24) is 4.90 Å². The highest BCUT2D eigenvalue weighted by molar-refractivity contribution is 9.11. The molecule has 1 aromatic rings. The third-order valence-electron chi connectivity index (χ3n) is 3.01. The standard InChI is InChI=1S/C14H15Br2N/c1-17(2)14(11-7-5-9-13(11)16)10-6-3-4-8-12(10)15/h3-9,11,14H,1-2H3/t11?,14-/m1/s1. The molecule has 0 heterocycles. The van der Waals surface area contributed by atoms with Gasteiger partial charge < -0.3 is 4.90 Å². The lowest BCUT2D eigenvalue weighted by atomic mass is 9.93. The van der Waals surface area contributed by atoms with Crippen LogP contribution in [0.5, 0.6) is 0 Å². The van der Waals surface area contributed by atoms with E-state index in [1.807, 2.05) is 0 Å². The van der Waals surface area contributed by atoms with Crippen LogP contribution in [0.15, 0.2) is 51.4 Å². The van der Waals surface area contributed by atoms with E-state index in [0.717, 1.165) is 0 Å². The first kappa shape index (κ1) is 13.1. The Morgan fingerprint density at radius 1 is 1.18 bits per heavy atom. The molecule has 1 nitrogen and oxygen atoms in total. The molecule has 17 heavy (non-hydrogen) atoms. The van der Waals surface area contributed by atoms with E-state index in [1.165, 1.54) is 14.5 Å². The van der Waals surface area contributed by atoms with Gasteiger partial charge in [0.05, 0.1) is 0 Å². The van der Waals surface area contributed by atoms with Crippen LogP contribution in [0.2, 0.25) is 0 Å². The lowest BCUT2D eigenvalue weighted by molar-refractivity contribution is 0.265. The lowest BCUT2D eigenvalue weighted by Crippen LogP contribution is -2.26. The van der Waals surface area contributed by atoms with Gasteiger partial charge in [-0.25, -0.2) is 0 Å². The molecular formula is C14H15Br2N. The first-order chi connectivity index (χ1) is 8.11. The van der Waals surface area contributed by atoms with E-state index < -0.39 is 0 Å². The van der Waals surface area contributed by atoms with Gasteiger partial charge in [-0.1, -0.05) is 68.3 Å². The number of halogens is 2. The molecule has 90 valence electrons. The Bertz CT molecular complexity index is 463. The van der Waals surface area contributed by atoms with Gasteiger partial charge in [0.25, 0.3) is 0 Å². The van der Waals surface area contributed by atoms with Crippen molar-refractivity contribution in [2.24, 2.45) is 5.92 Å². The van der Waals surface area contributed by atoms with Crippen molar-refractivity contribution in [2.75, 3.05) is 14.1 Å². The third kappa shape index (κ3) is 2.72. The summed E-state index contributed by atoms with van der Waals surface area (Å²) in [5.74, 6) is 0.392. The van der Waals surface area contributed by atoms with Gasteiger partial charge in [-0.3, -0.25) is 0 Å². The molecule has 0 aliphatic heterocycles. The molecule has 2 rings (SSSR count). The van der Waals surface area contributed by atoms with Crippen molar-refractivity contribution in [2.45, 2.75) is 6.04 Å². The van der Waals surface area contributed by atoms with Crippen molar-refractivity contribution in [3.8, 4) is 0 Å². The van der Waals surface area contributed by atoms with E-state index in [0.29, 0.717) is 12.0 Å².